The summed E-state index contributed by atoms with van der Waals surface area (Å²) < 4.78 is 0. The van der Waals surface area contributed by atoms with E-state index in [1.807, 2.05) is 0 Å². The number of carbonyl (C=O) groups excluding carboxylic acids is 2. The number of aromatic hydroxyl groups is 1. The first kappa shape index (κ1) is 18.4. The van der Waals surface area contributed by atoms with Crippen molar-refractivity contribution in [2.75, 3.05) is 31.5 Å². The number of hydrogen-bond acceptors (Lipinski definition) is 3. The summed E-state index contributed by atoms with van der Waals surface area (Å²) in [6.07, 6.45) is 0. The van der Waals surface area contributed by atoms with E-state index in [0.717, 1.165) is 0 Å². The van der Waals surface area contributed by atoms with Crippen LogP contribution in [-0.4, -0.2) is 53.0 Å². The molecule has 0 unspecified atom stereocenters. The van der Waals surface area contributed by atoms with Crippen LogP contribution in [-0.2, 0) is 0 Å². The number of benzene rings is 2. The molecule has 0 saturated carbocycles. The molecule has 1 aliphatic rings. The van der Waals surface area contributed by atoms with E-state index in [-0.39, 0.29) is 23.3 Å². The lowest BCUT2D eigenvalue weighted by molar-refractivity contribution is 0.0668. The molecule has 0 aliphatic carbocycles. The zero-order valence-corrected chi connectivity index (χ0v) is 15.3. The van der Waals surface area contributed by atoms with Crippen molar-refractivity contribution >= 4 is 40.8 Å². The number of nitrogens with zero attached hydrogens (tertiary/aromatic N) is 2. The summed E-state index contributed by atoms with van der Waals surface area (Å²) in [4.78, 5) is 28.1. The molecule has 3 rings (SSSR count). The molecule has 2 N–H and O–H groups in total. The van der Waals surface area contributed by atoms with E-state index < -0.39 is 0 Å². The Hall–Kier alpha value is -2.44. The van der Waals surface area contributed by atoms with Crippen LogP contribution in [0, 0.1) is 0 Å². The predicted molar refractivity (Wildman–Crippen MR) is 101 cm³/mol. The third kappa shape index (κ3) is 4.03. The van der Waals surface area contributed by atoms with Crippen LogP contribution in [0.4, 0.5) is 10.5 Å². The van der Waals surface area contributed by atoms with E-state index in [1.165, 1.54) is 6.07 Å². The van der Waals surface area contributed by atoms with Gasteiger partial charge in [-0.2, -0.15) is 0 Å². The molecule has 0 bridgehead atoms. The van der Waals surface area contributed by atoms with Crippen LogP contribution in [0.3, 0.4) is 0 Å². The SMILES string of the molecule is O=C(Nc1cc(Cl)ccc1Cl)N1CCN(C(=O)c2ccccc2O)CC1. The van der Waals surface area contributed by atoms with Gasteiger partial charge >= 0.3 is 6.03 Å². The Morgan fingerprint density at radius 3 is 2.31 bits per heavy atom. The number of piperazine rings is 1. The highest BCUT2D eigenvalue weighted by atomic mass is 35.5. The third-order valence-corrected chi connectivity index (χ3v) is 4.72. The quantitative estimate of drug-likeness (QED) is 0.816. The maximum Gasteiger partial charge on any atom is 0.322 e. The standard InChI is InChI=1S/C18H17Cl2N3O3/c19-12-5-6-14(20)15(11-12)21-18(26)23-9-7-22(8-10-23)17(25)13-3-1-2-4-16(13)24/h1-6,11,24H,7-10H2,(H,21,26). The van der Waals surface area contributed by atoms with Crippen molar-refractivity contribution in [2.45, 2.75) is 0 Å². The molecule has 0 spiro atoms. The number of halogens is 2. The fraction of sp³-hybridized carbons (Fsp3) is 0.222. The Balaban J connectivity index is 1.60. The average Bonchev–Trinajstić information content (AvgIpc) is 2.64. The molecule has 0 atom stereocenters. The minimum Gasteiger partial charge on any atom is -0.507 e. The van der Waals surface area contributed by atoms with Crippen LogP contribution in [0.1, 0.15) is 10.4 Å². The first-order valence-corrected chi connectivity index (χ1v) is 8.79. The molecular formula is C18H17Cl2N3O3. The smallest absolute Gasteiger partial charge is 0.322 e. The van der Waals surface area contributed by atoms with Gasteiger partial charge in [0.2, 0.25) is 0 Å². The zero-order valence-electron chi connectivity index (χ0n) is 13.8. The van der Waals surface area contributed by atoms with Crippen LogP contribution in [0.25, 0.3) is 0 Å². The number of amides is 3. The third-order valence-electron chi connectivity index (χ3n) is 4.16. The fourth-order valence-corrected chi connectivity index (χ4v) is 3.06. The van der Waals surface area contributed by atoms with Gasteiger partial charge in [0.15, 0.2) is 0 Å². The topological polar surface area (TPSA) is 72.9 Å². The summed E-state index contributed by atoms with van der Waals surface area (Å²) in [7, 11) is 0. The maximum atomic E-state index is 12.5. The summed E-state index contributed by atoms with van der Waals surface area (Å²) in [6.45, 7) is 1.51. The molecule has 2 aromatic rings. The first-order valence-electron chi connectivity index (χ1n) is 8.04. The number of urea groups is 1. The Kier molecular flexibility index (Phi) is 5.54. The average molecular weight is 394 g/mol. The second kappa shape index (κ2) is 7.85. The number of para-hydroxylation sites is 1. The van der Waals surface area contributed by atoms with Gasteiger partial charge in [-0.15, -0.1) is 0 Å². The number of hydrogen-bond donors (Lipinski definition) is 2. The number of carbonyl (C=O) groups is 2. The van der Waals surface area contributed by atoms with Gasteiger partial charge in [0.05, 0.1) is 16.3 Å². The molecule has 1 saturated heterocycles. The Bertz CT molecular complexity index is 836. The number of phenolic OH excluding ortho intramolecular Hbond substituents is 1. The minimum absolute atomic E-state index is 0.0479. The summed E-state index contributed by atoms with van der Waals surface area (Å²) in [6, 6.07) is 11.0. The zero-order chi connectivity index (χ0) is 18.7. The van der Waals surface area contributed by atoms with Crippen LogP contribution >= 0.6 is 23.2 Å². The highest BCUT2D eigenvalue weighted by molar-refractivity contribution is 6.35. The lowest BCUT2D eigenvalue weighted by Crippen LogP contribution is -2.51. The number of anilines is 1. The Labute approximate surface area is 160 Å². The first-order chi connectivity index (χ1) is 12.5. The fourth-order valence-electron chi connectivity index (χ4n) is 2.73. The minimum atomic E-state index is -0.302. The highest BCUT2D eigenvalue weighted by Gasteiger charge is 2.26. The summed E-state index contributed by atoms with van der Waals surface area (Å²) in [5, 5.41) is 13.4. The van der Waals surface area contributed by atoms with Gasteiger partial charge in [0, 0.05) is 31.2 Å². The molecule has 8 heteroatoms. The number of nitrogens with one attached hydrogen (secondary N) is 1. The second-order valence-corrected chi connectivity index (χ2v) is 6.69. The van der Waals surface area contributed by atoms with Crippen molar-refractivity contribution < 1.29 is 14.7 Å². The molecule has 0 aromatic heterocycles. The van der Waals surface area contributed by atoms with Crippen molar-refractivity contribution in [3.63, 3.8) is 0 Å². The summed E-state index contributed by atoms with van der Waals surface area (Å²) in [5.41, 5.74) is 0.702. The summed E-state index contributed by atoms with van der Waals surface area (Å²) >= 11 is 12.0. The van der Waals surface area contributed by atoms with Gasteiger partial charge in [0.25, 0.3) is 5.91 Å². The predicted octanol–water partition coefficient (Wildman–Crippen LogP) is 3.69. The van der Waals surface area contributed by atoms with Gasteiger partial charge in [-0.3, -0.25) is 4.79 Å². The molecule has 6 nitrogen and oxygen atoms in total. The molecule has 3 amide bonds. The van der Waals surface area contributed by atoms with Crippen molar-refractivity contribution in [2.24, 2.45) is 0 Å². The van der Waals surface area contributed by atoms with Gasteiger partial charge < -0.3 is 20.2 Å². The van der Waals surface area contributed by atoms with E-state index >= 15 is 0 Å². The van der Waals surface area contributed by atoms with Crippen LogP contribution in [0.15, 0.2) is 42.5 Å². The van der Waals surface area contributed by atoms with E-state index in [0.29, 0.717) is 41.9 Å². The lowest BCUT2D eigenvalue weighted by Gasteiger charge is -2.34. The largest absolute Gasteiger partial charge is 0.507 e. The monoisotopic (exact) mass is 393 g/mol. The van der Waals surface area contributed by atoms with Crippen LogP contribution in [0.2, 0.25) is 10.0 Å². The van der Waals surface area contributed by atoms with Gasteiger partial charge in [-0.1, -0.05) is 35.3 Å². The maximum absolute atomic E-state index is 12.5. The molecular weight excluding hydrogens is 377 g/mol. The van der Waals surface area contributed by atoms with Crippen LogP contribution < -0.4 is 5.32 Å². The Morgan fingerprint density at radius 1 is 0.962 bits per heavy atom. The Morgan fingerprint density at radius 2 is 1.62 bits per heavy atom. The van der Waals surface area contributed by atoms with Gasteiger partial charge in [-0.25, -0.2) is 4.79 Å². The van der Waals surface area contributed by atoms with Gasteiger partial charge in [0.1, 0.15) is 5.75 Å². The molecule has 0 radical (unpaired) electrons. The number of rotatable bonds is 2. The number of phenols is 1. The highest BCUT2D eigenvalue weighted by Crippen LogP contribution is 2.26. The molecule has 26 heavy (non-hydrogen) atoms. The molecule has 1 heterocycles. The second-order valence-electron chi connectivity index (χ2n) is 5.85. The van der Waals surface area contributed by atoms with E-state index in [1.54, 1.807) is 46.2 Å². The van der Waals surface area contributed by atoms with E-state index in [4.69, 9.17) is 23.2 Å². The van der Waals surface area contributed by atoms with E-state index in [9.17, 15) is 14.7 Å². The van der Waals surface area contributed by atoms with Crippen LogP contribution in [0.5, 0.6) is 5.75 Å². The molecule has 1 aliphatic heterocycles. The van der Waals surface area contributed by atoms with Crippen molar-refractivity contribution in [3.05, 3.63) is 58.1 Å². The molecule has 2 aromatic carbocycles. The molecule has 1 fully saturated rings. The molecule has 136 valence electrons. The van der Waals surface area contributed by atoms with Gasteiger partial charge in [-0.05, 0) is 30.3 Å². The van der Waals surface area contributed by atoms with Crippen molar-refractivity contribution in [1.29, 1.82) is 0 Å². The normalized spacial score (nSPS) is 14.2. The lowest BCUT2D eigenvalue weighted by atomic mass is 10.1. The van der Waals surface area contributed by atoms with Crippen molar-refractivity contribution in [1.82, 2.24) is 9.80 Å². The van der Waals surface area contributed by atoms with E-state index in [2.05, 4.69) is 5.32 Å². The van der Waals surface area contributed by atoms with Crippen molar-refractivity contribution in [3.8, 4) is 5.75 Å². The summed E-state index contributed by atoms with van der Waals surface area (Å²) in [5.74, 6) is -0.297.